The molecule has 1 aliphatic heterocycles. The largest absolute Gasteiger partial charge is 0.480 e. The number of halogens is 2. The maximum absolute atomic E-state index is 13.0. The lowest BCUT2D eigenvalue weighted by atomic mass is 9.90. The van der Waals surface area contributed by atoms with Gasteiger partial charge in [0.1, 0.15) is 17.2 Å². The molecule has 0 spiro atoms. The third-order valence-electron chi connectivity index (χ3n) is 4.73. The zero-order valence-corrected chi connectivity index (χ0v) is 16.7. The molecule has 7 heteroatoms. The van der Waals surface area contributed by atoms with Crippen LogP contribution in [-0.4, -0.2) is 36.0 Å². The number of carbonyl (C=O) groups excluding carboxylic acids is 1. The van der Waals surface area contributed by atoms with Crippen molar-refractivity contribution in [3.8, 4) is 5.88 Å². The molecular weight excluding hydrogens is 448 g/mol. The molecule has 3 rings (SSSR count). The maximum Gasteiger partial charge on any atom is 0.259 e. The van der Waals surface area contributed by atoms with Crippen molar-refractivity contribution in [1.82, 2.24) is 9.88 Å². The van der Waals surface area contributed by atoms with Crippen molar-refractivity contribution in [3.05, 3.63) is 50.8 Å². The number of nitrogens with zero attached hydrogens (tertiary/aromatic N) is 2. The number of piperidine rings is 1. The van der Waals surface area contributed by atoms with Crippen LogP contribution >= 0.6 is 22.6 Å². The molecule has 1 saturated heterocycles. The van der Waals surface area contributed by atoms with Gasteiger partial charge in [-0.15, -0.1) is 0 Å². The lowest BCUT2D eigenvalue weighted by Gasteiger charge is -2.32. The van der Waals surface area contributed by atoms with E-state index in [-0.39, 0.29) is 17.6 Å². The van der Waals surface area contributed by atoms with E-state index in [2.05, 4.69) is 27.6 Å². The molecule has 0 radical (unpaired) electrons. The van der Waals surface area contributed by atoms with Crippen molar-refractivity contribution in [1.29, 1.82) is 0 Å². The maximum atomic E-state index is 13.0. The number of benzene rings is 1. The van der Waals surface area contributed by atoms with Crippen LogP contribution < -0.4 is 10.5 Å². The first kappa shape index (κ1) is 18.9. The summed E-state index contributed by atoms with van der Waals surface area (Å²) in [4.78, 5) is 18.9. The van der Waals surface area contributed by atoms with Gasteiger partial charge in [0, 0.05) is 13.1 Å². The van der Waals surface area contributed by atoms with Crippen LogP contribution in [0.2, 0.25) is 0 Å². The monoisotopic (exact) mass is 469 g/mol. The summed E-state index contributed by atoms with van der Waals surface area (Å²) in [5, 5.41) is 0. The average molecular weight is 469 g/mol. The van der Waals surface area contributed by atoms with Crippen molar-refractivity contribution in [2.24, 2.45) is 5.92 Å². The van der Waals surface area contributed by atoms with Crippen LogP contribution in [0.25, 0.3) is 0 Å². The molecule has 0 saturated carbocycles. The molecule has 2 N–H and O–H groups in total. The first-order valence-corrected chi connectivity index (χ1v) is 9.59. The van der Waals surface area contributed by atoms with E-state index in [1.54, 1.807) is 6.07 Å². The number of hydrogen-bond donors (Lipinski definition) is 1. The van der Waals surface area contributed by atoms with Gasteiger partial charge in [0.15, 0.2) is 0 Å². The molecule has 0 bridgehead atoms. The lowest BCUT2D eigenvalue weighted by Crippen LogP contribution is -2.39. The van der Waals surface area contributed by atoms with Crippen molar-refractivity contribution < 1.29 is 13.9 Å². The molecule has 1 amide bonds. The highest BCUT2D eigenvalue weighted by atomic mass is 127. The number of nitrogens with two attached hydrogens (primary N) is 1. The smallest absolute Gasteiger partial charge is 0.259 e. The Morgan fingerprint density at radius 2 is 2.00 bits per heavy atom. The van der Waals surface area contributed by atoms with Gasteiger partial charge in [-0.25, -0.2) is 4.39 Å². The second-order valence-electron chi connectivity index (χ2n) is 6.48. The number of methoxy groups -OCH3 is 1. The van der Waals surface area contributed by atoms with Crippen LogP contribution in [0.3, 0.4) is 0 Å². The highest BCUT2D eigenvalue weighted by molar-refractivity contribution is 14.1. The first-order valence-electron chi connectivity index (χ1n) is 8.51. The summed E-state index contributed by atoms with van der Waals surface area (Å²) in [6, 6.07) is 8.39. The van der Waals surface area contributed by atoms with Crippen LogP contribution in [0.4, 0.5) is 10.2 Å². The van der Waals surface area contributed by atoms with E-state index < -0.39 is 0 Å². The number of aromatic nitrogens is 1. The van der Waals surface area contributed by atoms with Crippen LogP contribution in [0.1, 0.15) is 28.8 Å². The Morgan fingerprint density at radius 3 is 2.62 bits per heavy atom. The van der Waals surface area contributed by atoms with Crippen molar-refractivity contribution in [2.75, 3.05) is 25.9 Å². The zero-order valence-electron chi connectivity index (χ0n) is 14.5. The molecule has 1 fully saturated rings. The minimum atomic E-state index is -0.213. The molecule has 2 heterocycles. The van der Waals surface area contributed by atoms with Gasteiger partial charge >= 0.3 is 0 Å². The number of carbonyl (C=O) groups is 1. The predicted octanol–water partition coefficient (Wildman–Crippen LogP) is 3.51. The van der Waals surface area contributed by atoms with E-state index in [9.17, 15) is 9.18 Å². The molecule has 5 nitrogen and oxygen atoms in total. The molecule has 1 aliphatic rings. The Kier molecular flexibility index (Phi) is 5.95. The Bertz CT molecular complexity index is 790. The van der Waals surface area contributed by atoms with Gasteiger partial charge in [0.25, 0.3) is 5.91 Å². The fraction of sp³-hybridized carbons (Fsp3) is 0.368. The van der Waals surface area contributed by atoms with Gasteiger partial charge < -0.3 is 15.4 Å². The number of likely N-dealkylation sites (tertiary alicyclic amines) is 1. The number of ether oxygens (including phenoxy) is 1. The molecule has 1 aromatic carbocycles. The van der Waals surface area contributed by atoms with Gasteiger partial charge in [-0.3, -0.25) is 4.79 Å². The fourth-order valence-electron chi connectivity index (χ4n) is 3.26. The van der Waals surface area contributed by atoms with Crippen LogP contribution in [0, 0.1) is 15.3 Å². The van der Waals surface area contributed by atoms with Gasteiger partial charge in [0.2, 0.25) is 5.88 Å². The van der Waals surface area contributed by atoms with E-state index in [0.29, 0.717) is 30.4 Å². The minimum Gasteiger partial charge on any atom is -0.480 e. The van der Waals surface area contributed by atoms with E-state index in [1.165, 1.54) is 19.2 Å². The fourth-order valence-corrected chi connectivity index (χ4v) is 3.69. The topological polar surface area (TPSA) is 68.5 Å². The van der Waals surface area contributed by atoms with E-state index >= 15 is 0 Å². The van der Waals surface area contributed by atoms with E-state index in [4.69, 9.17) is 10.5 Å². The van der Waals surface area contributed by atoms with Gasteiger partial charge in [-0.1, -0.05) is 12.1 Å². The summed E-state index contributed by atoms with van der Waals surface area (Å²) in [6.07, 6.45) is 2.75. The average Bonchev–Trinajstić information content (AvgIpc) is 2.65. The standard InChI is InChI=1S/C19H21FIN3O2/c1-26-18-15(11-16(21)17(22)23-18)19(25)24-8-6-13(7-9-24)10-12-2-4-14(20)5-3-12/h2-5,11,13H,6-10H2,1H3,(H2,22,23). The third-order valence-corrected chi connectivity index (χ3v) is 5.60. The quantitative estimate of drug-likeness (QED) is 0.697. The van der Waals surface area contributed by atoms with E-state index in [0.717, 1.165) is 28.4 Å². The molecule has 0 atom stereocenters. The number of nitrogen functional groups attached to an aromatic ring is 1. The highest BCUT2D eigenvalue weighted by Crippen LogP contribution is 2.27. The number of pyridine rings is 1. The number of amides is 1. The number of anilines is 1. The normalized spacial score (nSPS) is 15.1. The number of hydrogen-bond acceptors (Lipinski definition) is 4. The Hall–Kier alpha value is -1.90. The van der Waals surface area contributed by atoms with Crippen molar-refractivity contribution in [2.45, 2.75) is 19.3 Å². The van der Waals surface area contributed by atoms with Crippen molar-refractivity contribution >= 4 is 34.3 Å². The zero-order chi connectivity index (χ0) is 18.7. The predicted molar refractivity (Wildman–Crippen MR) is 107 cm³/mol. The van der Waals surface area contributed by atoms with Crippen LogP contribution in [-0.2, 0) is 6.42 Å². The summed E-state index contributed by atoms with van der Waals surface area (Å²) >= 11 is 2.06. The second kappa shape index (κ2) is 8.20. The second-order valence-corrected chi connectivity index (χ2v) is 7.64. The van der Waals surface area contributed by atoms with Crippen LogP contribution in [0.5, 0.6) is 5.88 Å². The summed E-state index contributed by atoms with van der Waals surface area (Å²) in [5.74, 6) is 0.830. The Morgan fingerprint density at radius 1 is 1.35 bits per heavy atom. The molecule has 1 aromatic heterocycles. The summed E-state index contributed by atoms with van der Waals surface area (Å²) in [5.41, 5.74) is 7.38. The first-order chi connectivity index (χ1) is 12.5. The lowest BCUT2D eigenvalue weighted by molar-refractivity contribution is 0.0686. The molecule has 0 aliphatic carbocycles. The van der Waals surface area contributed by atoms with Crippen molar-refractivity contribution in [3.63, 3.8) is 0 Å². The third kappa shape index (κ3) is 4.25. The number of rotatable bonds is 4. The molecule has 2 aromatic rings. The van der Waals surface area contributed by atoms with Gasteiger partial charge in [0.05, 0.1) is 10.7 Å². The molecule has 0 unspecified atom stereocenters. The van der Waals surface area contributed by atoms with Gasteiger partial charge in [-0.2, -0.15) is 4.98 Å². The van der Waals surface area contributed by atoms with Crippen LogP contribution in [0.15, 0.2) is 30.3 Å². The summed E-state index contributed by atoms with van der Waals surface area (Å²) < 4.78 is 19.0. The van der Waals surface area contributed by atoms with E-state index in [1.807, 2.05) is 17.0 Å². The summed E-state index contributed by atoms with van der Waals surface area (Å²) in [7, 11) is 1.49. The molecule has 138 valence electrons. The molecular formula is C19H21FIN3O2. The minimum absolute atomic E-state index is 0.0764. The SMILES string of the molecule is COc1nc(N)c(I)cc1C(=O)N1CCC(Cc2ccc(F)cc2)CC1. The molecule has 26 heavy (non-hydrogen) atoms. The van der Waals surface area contributed by atoms with Gasteiger partial charge in [-0.05, 0) is 71.5 Å². The summed E-state index contributed by atoms with van der Waals surface area (Å²) in [6.45, 7) is 1.38. The Balaban J connectivity index is 1.63. The Labute approximate surface area is 165 Å². The highest BCUT2D eigenvalue weighted by Gasteiger charge is 2.26.